The van der Waals surface area contributed by atoms with Crippen LogP contribution in [0.4, 0.5) is 4.39 Å². The number of allylic oxidation sites excluding steroid dienone is 1. The van der Waals surface area contributed by atoms with Gasteiger partial charge in [-0.1, -0.05) is 11.6 Å². The zero-order valence-electron chi connectivity index (χ0n) is 15.8. The van der Waals surface area contributed by atoms with Crippen molar-refractivity contribution in [2.75, 3.05) is 0 Å². The molecule has 1 aliphatic rings. The number of nitrogens with zero attached hydrogens (tertiary/aromatic N) is 3. The number of nitrogens with two attached hydrogens (primary N) is 2. The number of hydrogen-bond acceptors (Lipinski definition) is 4. The number of benzene rings is 1. The molecular formula is C21H18ClFN6O. The Bertz CT molecular complexity index is 1240. The molecule has 152 valence electrons. The standard InChI is InChI=1S/C21H18ClFN6O/c22-13-4-5-14(16(23)7-13)19(25)15(8-24)12-3-6-18-27-9-17(29(18)10-12)20(26)28-21(30)11-1-2-11/h3-11,24H,1-2,25H2,(H2,26,28,30). The number of imidazole rings is 1. The number of amides is 1. The van der Waals surface area contributed by atoms with E-state index in [0.29, 0.717) is 22.5 Å². The average molecular weight is 425 g/mol. The van der Waals surface area contributed by atoms with Crippen LogP contribution in [0.5, 0.6) is 0 Å². The van der Waals surface area contributed by atoms with E-state index in [-0.39, 0.29) is 33.9 Å². The van der Waals surface area contributed by atoms with Crippen molar-refractivity contribution in [1.29, 1.82) is 5.41 Å². The smallest absolute Gasteiger partial charge is 0.250 e. The molecule has 4 rings (SSSR count). The first-order valence-corrected chi connectivity index (χ1v) is 9.58. The SMILES string of the molecule is N=CC(=C(N)c1ccc(Cl)cc1F)c1ccc2ncc(C(N)=NC(=O)C3CC3)n2c1. The van der Waals surface area contributed by atoms with Crippen LogP contribution < -0.4 is 11.5 Å². The number of aromatic nitrogens is 2. The molecule has 9 heteroatoms. The summed E-state index contributed by atoms with van der Waals surface area (Å²) in [5, 5.41) is 8.07. The number of rotatable bonds is 5. The van der Waals surface area contributed by atoms with E-state index in [0.717, 1.165) is 25.1 Å². The van der Waals surface area contributed by atoms with E-state index in [4.69, 9.17) is 28.5 Å². The summed E-state index contributed by atoms with van der Waals surface area (Å²) in [6.45, 7) is 0. The van der Waals surface area contributed by atoms with Gasteiger partial charge in [-0.2, -0.15) is 4.99 Å². The lowest BCUT2D eigenvalue weighted by Crippen LogP contribution is -2.18. The van der Waals surface area contributed by atoms with Gasteiger partial charge in [0, 0.05) is 40.1 Å². The van der Waals surface area contributed by atoms with Crippen LogP contribution in [0.15, 0.2) is 47.7 Å². The fourth-order valence-electron chi connectivity index (χ4n) is 3.10. The number of aliphatic imine (C=N–C) groups is 1. The number of pyridine rings is 1. The summed E-state index contributed by atoms with van der Waals surface area (Å²) < 4.78 is 16.0. The van der Waals surface area contributed by atoms with E-state index < -0.39 is 5.82 Å². The minimum atomic E-state index is -0.585. The van der Waals surface area contributed by atoms with Crippen LogP contribution in [0.2, 0.25) is 5.02 Å². The van der Waals surface area contributed by atoms with Gasteiger partial charge in [0.15, 0.2) is 5.84 Å². The Hall–Kier alpha value is -3.52. The Balaban J connectivity index is 1.80. The molecule has 0 unspecified atom stereocenters. The molecule has 1 amide bonds. The number of carbonyl (C=O) groups is 1. The highest BCUT2D eigenvalue weighted by Gasteiger charge is 2.29. The van der Waals surface area contributed by atoms with E-state index in [9.17, 15) is 9.18 Å². The maximum atomic E-state index is 14.3. The topological polar surface area (TPSA) is 123 Å². The van der Waals surface area contributed by atoms with Gasteiger partial charge in [0.05, 0.1) is 11.9 Å². The van der Waals surface area contributed by atoms with Gasteiger partial charge in [0.2, 0.25) is 0 Å². The minimum Gasteiger partial charge on any atom is -0.398 e. The van der Waals surface area contributed by atoms with Crippen LogP contribution in [0, 0.1) is 17.1 Å². The van der Waals surface area contributed by atoms with Crippen molar-refractivity contribution in [3.8, 4) is 0 Å². The molecule has 5 N–H and O–H groups in total. The number of halogens is 2. The summed E-state index contributed by atoms with van der Waals surface area (Å²) in [6, 6.07) is 7.58. The normalized spacial score (nSPS) is 15.2. The van der Waals surface area contributed by atoms with Crippen LogP contribution >= 0.6 is 11.6 Å². The molecule has 7 nitrogen and oxygen atoms in total. The lowest BCUT2D eigenvalue weighted by Gasteiger charge is -2.11. The first kappa shape index (κ1) is 19.8. The maximum absolute atomic E-state index is 14.3. The first-order valence-electron chi connectivity index (χ1n) is 9.20. The predicted molar refractivity (Wildman–Crippen MR) is 115 cm³/mol. The number of fused-ring (bicyclic) bond motifs is 1. The van der Waals surface area contributed by atoms with Crippen molar-refractivity contribution in [3.05, 3.63) is 70.4 Å². The second-order valence-corrected chi connectivity index (χ2v) is 7.43. The van der Waals surface area contributed by atoms with Crippen LogP contribution in [0.25, 0.3) is 16.9 Å². The summed E-state index contributed by atoms with van der Waals surface area (Å²) in [5.74, 6) is -0.798. The van der Waals surface area contributed by atoms with Crippen molar-refractivity contribution in [3.63, 3.8) is 0 Å². The number of hydrogen-bond donors (Lipinski definition) is 3. The molecule has 0 bridgehead atoms. The Kier molecular flexibility index (Phi) is 5.09. The summed E-state index contributed by atoms with van der Waals surface area (Å²) in [5.41, 5.74) is 14.3. The summed E-state index contributed by atoms with van der Waals surface area (Å²) >= 11 is 5.81. The summed E-state index contributed by atoms with van der Waals surface area (Å²) in [7, 11) is 0. The van der Waals surface area contributed by atoms with Gasteiger partial charge in [-0.3, -0.25) is 9.20 Å². The van der Waals surface area contributed by atoms with Crippen LogP contribution in [0.1, 0.15) is 29.7 Å². The van der Waals surface area contributed by atoms with Crippen molar-refractivity contribution in [2.45, 2.75) is 12.8 Å². The zero-order chi connectivity index (χ0) is 21.4. The lowest BCUT2D eigenvalue weighted by atomic mass is 10.0. The Morgan fingerprint density at radius 1 is 1.30 bits per heavy atom. The highest BCUT2D eigenvalue weighted by Crippen LogP contribution is 2.30. The second-order valence-electron chi connectivity index (χ2n) is 6.99. The average Bonchev–Trinajstić information content (AvgIpc) is 3.48. The van der Waals surface area contributed by atoms with Gasteiger partial charge in [0.25, 0.3) is 5.91 Å². The number of nitrogens with one attached hydrogen (secondary N) is 1. The molecule has 0 radical (unpaired) electrons. The van der Waals surface area contributed by atoms with Gasteiger partial charge in [-0.25, -0.2) is 9.37 Å². The molecule has 0 spiro atoms. The zero-order valence-corrected chi connectivity index (χ0v) is 16.5. The maximum Gasteiger partial charge on any atom is 0.250 e. The third-order valence-corrected chi connectivity index (χ3v) is 5.13. The monoisotopic (exact) mass is 424 g/mol. The predicted octanol–water partition coefficient (Wildman–Crippen LogP) is 3.25. The molecule has 2 aromatic heterocycles. The molecule has 30 heavy (non-hydrogen) atoms. The molecule has 1 saturated carbocycles. The first-order chi connectivity index (χ1) is 14.4. The highest BCUT2D eigenvalue weighted by atomic mass is 35.5. The third kappa shape index (κ3) is 3.69. The van der Waals surface area contributed by atoms with Crippen LogP contribution in [0.3, 0.4) is 0 Å². The Morgan fingerprint density at radius 3 is 2.73 bits per heavy atom. The summed E-state index contributed by atoms with van der Waals surface area (Å²) in [6.07, 6.45) is 5.91. The third-order valence-electron chi connectivity index (χ3n) is 4.89. The quantitative estimate of drug-likeness (QED) is 0.429. The molecule has 0 atom stereocenters. The molecule has 1 fully saturated rings. The number of amidine groups is 1. The van der Waals surface area contributed by atoms with Crippen molar-refractivity contribution < 1.29 is 9.18 Å². The van der Waals surface area contributed by atoms with E-state index in [1.165, 1.54) is 18.3 Å². The van der Waals surface area contributed by atoms with Crippen molar-refractivity contribution in [2.24, 2.45) is 22.4 Å². The van der Waals surface area contributed by atoms with E-state index >= 15 is 0 Å². The van der Waals surface area contributed by atoms with E-state index in [2.05, 4.69) is 9.98 Å². The van der Waals surface area contributed by atoms with Gasteiger partial charge in [-0.05, 0) is 43.2 Å². The fraction of sp³-hybridized carbons (Fsp3) is 0.143. The van der Waals surface area contributed by atoms with Crippen molar-refractivity contribution >= 4 is 46.5 Å². The fourth-order valence-corrected chi connectivity index (χ4v) is 3.26. The molecular weight excluding hydrogens is 407 g/mol. The molecule has 1 aliphatic carbocycles. The lowest BCUT2D eigenvalue weighted by molar-refractivity contribution is -0.118. The van der Waals surface area contributed by atoms with E-state index in [1.807, 2.05) is 0 Å². The van der Waals surface area contributed by atoms with Gasteiger partial charge in [-0.15, -0.1) is 0 Å². The van der Waals surface area contributed by atoms with Gasteiger partial charge in [0.1, 0.15) is 17.2 Å². The van der Waals surface area contributed by atoms with Gasteiger partial charge < -0.3 is 16.9 Å². The van der Waals surface area contributed by atoms with Crippen molar-refractivity contribution in [1.82, 2.24) is 9.38 Å². The Labute approximate surface area is 176 Å². The van der Waals surface area contributed by atoms with Crippen LogP contribution in [-0.2, 0) is 4.79 Å². The van der Waals surface area contributed by atoms with Gasteiger partial charge >= 0.3 is 0 Å². The van der Waals surface area contributed by atoms with E-state index in [1.54, 1.807) is 22.7 Å². The second kappa shape index (κ2) is 7.72. The van der Waals surface area contributed by atoms with Crippen LogP contribution in [-0.4, -0.2) is 27.3 Å². The number of carbonyl (C=O) groups excluding carboxylic acids is 1. The highest BCUT2D eigenvalue weighted by molar-refractivity contribution is 6.30. The molecule has 1 aromatic carbocycles. The largest absolute Gasteiger partial charge is 0.398 e. The molecule has 3 aromatic rings. The molecule has 0 saturated heterocycles. The Morgan fingerprint density at radius 2 is 2.07 bits per heavy atom. The molecule has 2 heterocycles. The molecule has 0 aliphatic heterocycles. The summed E-state index contributed by atoms with van der Waals surface area (Å²) in [4.78, 5) is 20.2. The minimum absolute atomic E-state index is 0.0418.